The second-order valence-electron chi connectivity index (χ2n) is 4.30. The number of rotatable bonds is 4. The number of allylic oxidation sites excluding steroid dienone is 1. The van der Waals surface area contributed by atoms with E-state index in [1.807, 2.05) is 30.3 Å². The number of amides is 1. The van der Waals surface area contributed by atoms with E-state index < -0.39 is 22.2 Å². The summed E-state index contributed by atoms with van der Waals surface area (Å²) in [4.78, 5) is 12.1. The minimum atomic E-state index is -3.70. The maximum atomic E-state index is 12.1. The average molecular weight is 280 g/mol. The van der Waals surface area contributed by atoms with E-state index >= 15 is 0 Å². The van der Waals surface area contributed by atoms with Crippen molar-refractivity contribution >= 4 is 16.1 Å². The molecule has 102 valence electrons. The normalized spacial score (nSPS) is 22.3. The van der Waals surface area contributed by atoms with Crippen molar-refractivity contribution in [1.82, 2.24) is 9.03 Å². The molecule has 0 saturated carbocycles. The predicted octanol–water partition coefficient (Wildman–Crippen LogP) is 0.850. The van der Waals surface area contributed by atoms with Crippen LogP contribution in [0.5, 0.6) is 0 Å². The van der Waals surface area contributed by atoms with Gasteiger partial charge in [-0.1, -0.05) is 42.5 Å². The van der Waals surface area contributed by atoms with Crippen LogP contribution in [0.25, 0.3) is 0 Å². The summed E-state index contributed by atoms with van der Waals surface area (Å²) in [7, 11) is -3.70. The van der Waals surface area contributed by atoms with Crippen molar-refractivity contribution in [2.24, 2.45) is 0 Å². The number of nitrogens with one attached hydrogen (secondary N) is 1. The molecule has 1 aromatic carbocycles. The highest BCUT2D eigenvalue weighted by molar-refractivity contribution is 7.88. The fourth-order valence-electron chi connectivity index (χ4n) is 1.95. The summed E-state index contributed by atoms with van der Waals surface area (Å²) in [5, 5.41) is 0. The molecule has 0 bridgehead atoms. The molecule has 1 heterocycles. The molecule has 1 fully saturated rings. The first-order chi connectivity index (χ1) is 9.04. The van der Waals surface area contributed by atoms with E-state index in [4.69, 9.17) is 0 Å². The molecule has 2 rings (SSSR count). The molecule has 1 aliphatic heterocycles. The molecule has 0 radical (unpaired) electrons. The minimum Gasteiger partial charge on any atom is -0.272 e. The Kier molecular flexibility index (Phi) is 4.01. The predicted molar refractivity (Wildman–Crippen MR) is 72.5 cm³/mol. The van der Waals surface area contributed by atoms with Gasteiger partial charge in [0.1, 0.15) is 6.04 Å². The molecule has 6 heteroatoms. The lowest BCUT2D eigenvalue weighted by Gasteiger charge is -2.10. The number of carbonyl (C=O) groups is 1. The Hall–Kier alpha value is -1.66. The van der Waals surface area contributed by atoms with Gasteiger partial charge in [0.2, 0.25) is 0 Å². The van der Waals surface area contributed by atoms with Crippen LogP contribution in [0.15, 0.2) is 42.5 Å². The summed E-state index contributed by atoms with van der Waals surface area (Å²) in [6.45, 7) is 1.86. The fraction of sp³-hybridized carbons (Fsp3) is 0.308. The summed E-state index contributed by atoms with van der Waals surface area (Å²) in [5.74, 6) is -0.401. The van der Waals surface area contributed by atoms with Gasteiger partial charge in [-0.25, -0.2) is 4.31 Å². The van der Waals surface area contributed by atoms with Crippen molar-refractivity contribution in [1.29, 1.82) is 0 Å². The standard InChI is InChI=1S/C13H16N2O3S/c1-2-3-9-15-13(16)12(14-19(15,17)18)10-11-7-5-4-6-8-11/h2-8,12,14H,9-10H2,1H3/b3-2+/t12-/m0/s1. The van der Waals surface area contributed by atoms with Crippen LogP contribution < -0.4 is 4.72 Å². The zero-order valence-electron chi connectivity index (χ0n) is 10.6. The highest BCUT2D eigenvalue weighted by atomic mass is 32.2. The van der Waals surface area contributed by atoms with Crippen LogP contribution in [0, 0.1) is 0 Å². The SMILES string of the molecule is C/C=C/CN1C(=O)[C@H](Cc2ccccc2)NS1(=O)=O. The van der Waals surface area contributed by atoms with Gasteiger partial charge >= 0.3 is 10.2 Å². The first-order valence-corrected chi connectivity index (χ1v) is 7.47. The zero-order chi connectivity index (χ0) is 13.9. The Morgan fingerprint density at radius 2 is 2.00 bits per heavy atom. The van der Waals surface area contributed by atoms with E-state index in [1.54, 1.807) is 19.1 Å². The van der Waals surface area contributed by atoms with Crippen LogP contribution in [-0.2, 0) is 21.4 Å². The van der Waals surface area contributed by atoms with Gasteiger partial charge in [0.15, 0.2) is 0 Å². The van der Waals surface area contributed by atoms with Gasteiger partial charge in [-0.15, -0.1) is 0 Å². The molecular weight excluding hydrogens is 264 g/mol. The lowest BCUT2D eigenvalue weighted by atomic mass is 10.1. The topological polar surface area (TPSA) is 66.5 Å². The summed E-state index contributed by atoms with van der Waals surface area (Å²) < 4.78 is 27.0. The van der Waals surface area contributed by atoms with Gasteiger partial charge in [-0.3, -0.25) is 4.79 Å². The van der Waals surface area contributed by atoms with Crippen molar-refractivity contribution in [3.63, 3.8) is 0 Å². The van der Waals surface area contributed by atoms with Crippen LogP contribution in [0.1, 0.15) is 12.5 Å². The maximum Gasteiger partial charge on any atom is 0.304 e. The molecule has 1 amide bonds. The van der Waals surface area contributed by atoms with Gasteiger partial charge in [0.05, 0.1) is 6.54 Å². The Morgan fingerprint density at radius 3 is 2.63 bits per heavy atom. The lowest BCUT2D eigenvalue weighted by Crippen LogP contribution is -2.32. The molecule has 1 aliphatic rings. The number of carbonyl (C=O) groups excluding carboxylic acids is 1. The monoisotopic (exact) mass is 280 g/mol. The van der Waals surface area contributed by atoms with Crippen molar-refractivity contribution < 1.29 is 13.2 Å². The lowest BCUT2D eigenvalue weighted by molar-refractivity contribution is -0.126. The van der Waals surface area contributed by atoms with Crippen molar-refractivity contribution in [2.75, 3.05) is 6.54 Å². The van der Waals surface area contributed by atoms with Crippen molar-refractivity contribution in [2.45, 2.75) is 19.4 Å². The first kappa shape index (κ1) is 13.8. The van der Waals surface area contributed by atoms with Crippen LogP contribution in [0.3, 0.4) is 0 Å². The average Bonchev–Trinajstić information content (AvgIpc) is 2.59. The summed E-state index contributed by atoms with van der Waals surface area (Å²) >= 11 is 0. The van der Waals surface area contributed by atoms with E-state index in [0.717, 1.165) is 9.87 Å². The number of hydrogen-bond donors (Lipinski definition) is 1. The first-order valence-electron chi connectivity index (χ1n) is 6.03. The van der Waals surface area contributed by atoms with Gasteiger partial charge in [0.25, 0.3) is 5.91 Å². The van der Waals surface area contributed by atoms with E-state index in [-0.39, 0.29) is 6.54 Å². The largest absolute Gasteiger partial charge is 0.304 e. The fourth-order valence-corrected chi connectivity index (χ4v) is 3.27. The molecule has 0 unspecified atom stereocenters. The third kappa shape index (κ3) is 3.02. The van der Waals surface area contributed by atoms with Crippen molar-refractivity contribution in [3.8, 4) is 0 Å². The third-order valence-electron chi connectivity index (χ3n) is 2.91. The maximum absolute atomic E-state index is 12.1. The number of nitrogens with zero attached hydrogens (tertiary/aromatic N) is 1. The van der Waals surface area contributed by atoms with Gasteiger partial charge < -0.3 is 0 Å². The Morgan fingerprint density at radius 1 is 1.32 bits per heavy atom. The molecule has 19 heavy (non-hydrogen) atoms. The molecular formula is C13H16N2O3S. The van der Waals surface area contributed by atoms with E-state index in [0.29, 0.717) is 6.42 Å². The second kappa shape index (κ2) is 5.54. The molecule has 0 spiro atoms. The molecule has 0 aromatic heterocycles. The second-order valence-corrected chi connectivity index (χ2v) is 5.93. The molecule has 1 N–H and O–H groups in total. The number of benzene rings is 1. The van der Waals surface area contributed by atoms with Crippen LogP contribution in [-0.4, -0.2) is 31.2 Å². The van der Waals surface area contributed by atoms with E-state index in [2.05, 4.69) is 4.72 Å². The van der Waals surface area contributed by atoms with Gasteiger partial charge in [-0.2, -0.15) is 13.1 Å². The quantitative estimate of drug-likeness (QED) is 0.832. The Labute approximate surface area is 113 Å². The van der Waals surface area contributed by atoms with Crippen molar-refractivity contribution in [3.05, 3.63) is 48.0 Å². The Bertz CT molecular complexity index is 581. The molecule has 0 aliphatic carbocycles. The van der Waals surface area contributed by atoms with E-state index in [9.17, 15) is 13.2 Å². The molecule has 5 nitrogen and oxygen atoms in total. The van der Waals surface area contributed by atoms with Gasteiger partial charge in [0, 0.05) is 0 Å². The van der Waals surface area contributed by atoms with Crippen LogP contribution >= 0.6 is 0 Å². The highest BCUT2D eigenvalue weighted by Gasteiger charge is 2.41. The molecule has 1 saturated heterocycles. The highest BCUT2D eigenvalue weighted by Crippen LogP contribution is 2.16. The summed E-state index contributed by atoms with van der Waals surface area (Å²) in [6.07, 6.45) is 3.72. The summed E-state index contributed by atoms with van der Waals surface area (Å²) in [5.41, 5.74) is 0.927. The number of hydrogen-bond acceptors (Lipinski definition) is 3. The minimum absolute atomic E-state index is 0.0793. The summed E-state index contributed by atoms with van der Waals surface area (Å²) in [6, 6.07) is 8.63. The van der Waals surface area contributed by atoms with Crippen LogP contribution in [0.4, 0.5) is 0 Å². The Balaban J connectivity index is 2.15. The zero-order valence-corrected chi connectivity index (χ0v) is 11.4. The molecule has 1 aromatic rings. The third-order valence-corrected chi connectivity index (χ3v) is 4.41. The van der Waals surface area contributed by atoms with Crippen LogP contribution in [0.2, 0.25) is 0 Å². The molecule has 1 atom stereocenters. The smallest absolute Gasteiger partial charge is 0.272 e. The van der Waals surface area contributed by atoms with E-state index in [1.165, 1.54) is 0 Å². The van der Waals surface area contributed by atoms with Gasteiger partial charge in [-0.05, 0) is 18.9 Å².